The minimum Gasteiger partial charge on any atom is -0.494 e. The lowest BCUT2D eigenvalue weighted by Gasteiger charge is -2.33. The molecule has 0 spiro atoms. The first kappa shape index (κ1) is 24.4. The van der Waals surface area contributed by atoms with E-state index in [9.17, 15) is 13.2 Å². The number of carbonyl (C=O) groups excluding carboxylic acids is 1. The van der Waals surface area contributed by atoms with E-state index >= 15 is 0 Å². The Balaban J connectivity index is 1.49. The van der Waals surface area contributed by atoms with Gasteiger partial charge < -0.3 is 14.4 Å². The fourth-order valence-electron chi connectivity index (χ4n) is 5.17. The van der Waals surface area contributed by atoms with Gasteiger partial charge >= 0.3 is 0 Å². The highest BCUT2D eigenvalue weighted by Gasteiger charge is 2.40. The molecule has 4 aliphatic rings. The summed E-state index contributed by atoms with van der Waals surface area (Å²) in [5, 5.41) is 0. The van der Waals surface area contributed by atoms with Crippen LogP contribution in [0.2, 0.25) is 0 Å². The van der Waals surface area contributed by atoms with Crippen LogP contribution in [0.1, 0.15) is 62.8 Å². The Bertz CT molecular complexity index is 914. The van der Waals surface area contributed by atoms with E-state index in [2.05, 4.69) is 22.9 Å². The number of nitrogens with zero attached hydrogens (tertiary/aromatic N) is 2. The summed E-state index contributed by atoms with van der Waals surface area (Å²) in [6.07, 6.45) is 6.73. The molecule has 33 heavy (non-hydrogen) atoms. The summed E-state index contributed by atoms with van der Waals surface area (Å²) < 4.78 is 41.2. The van der Waals surface area contributed by atoms with Crippen molar-refractivity contribution >= 4 is 16.1 Å². The van der Waals surface area contributed by atoms with Crippen molar-refractivity contribution in [2.45, 2.75) is 75.5 Å². The summed E-state index contributed by atoms with van der Waals surface area (Å²) in [5.74, 6) is 1.47. The number of fused-ring (bicyclic) bond motifs is 8. The topological polar surface area (TPSA) is 88.2 Å². The van der Waals surface area contributed by atoms with Crippen LogP contribution in [-0.4, -0.2) is 75.6 Å². The molecule has 1 aliphatic carbocycles. The minimum absolute atomic E-state index is 0.0603. The Hall–Kier alpha value is -1.68. The summed E-state index contributed by atoms with van der Waals surface area (Å²) in [5.41, 5.74) is 1.32. The average Bonchev–Trinajstić information content (AvgIpc) is 3.19. The van der Waals surface area contributed by atoms with Crippen molar-refractivity contribution in [2.75, 3.05) is 33.9 Å². The third kappa shape index (κ3) is 6.07. The van der Waals surface area contributed by atoms with Crippen LogP contribution in [-0.2, 0) is 19.7 Å². The first-order valence-corrected chi connectivity index (χ1v) is 13.6. The summed E-state index contributed by atoms with van der Waals surface area (Å²) in [6, 6.07) is 7.78. The van der Waals surface area contributed by atoms with Gasteiger partial charge in [0.1, 0.15) is 5.75 Å². The Kier molecular flexibility index (Phi) is 7.94. The quantitative estimate of drug-likeness (QED) is 0.720. The minimum atomic E-state index is -3.59. The van der Waals surface area contributed by atoms with Crippen molar-refractivity contribution < 1.29 is 22.7 Å². The van der Waals surface area contributed by atoms with E-state index in [1.807, 2.05) is 11.0 Å². The van der Waals surface area contributed by atoms with E-state index in [1.54, 1.807) is 0 Å². The molecule has 0 radical (unpaired) electrons. The number of nitrogens with one attached hydrogen (secondary N) is 1. The maximum absolute atomic E-state index is 13.0. The lowest BCUT2D eigenvalue weighted by Crippen LogP contribution is -2.51. The van der Waals surface area contributed by atoms with Crippen molar-refractivity contribution in [3.8, 4) is 5.75 Å². The number of ether oxygens (including phenoxy) is 2. The van der Waals surface area contributed by atoms with Gasteiger partial charge in [0, 0.05) is 33.1 Å². The highest BCUT2D eigenvalue weighted by molar-refractivity contribution is 7.87. The zero-order valence-corrected chi connectivity index (χ0v) is 20.6. The smallest absolute Gasteiger partial charge is 0.279 e. The van der Waals surface area contributed by atoms with Gasteiger partial charge in [-0.1, -0.05) is 12.1 Å². The highest BCUT2D eigenvalue weighted by atomic mass is 32.2. The van der Waals surface area contributed by atoms with Crippen LogP contribution in [0, 0.1) is 0 Å². The molecule has 1 saturated heterocycles. The van der Waals surface area contributed by atoms with Crippen molar-refractivity contribution in [1.29, 1.82) is 0 Å². The molecular weight excluding hydrogens is 442 g/mol. The second-order valence-electron chi connectivity index (χ2n) is 9.64. The molecule has 2 atom stereocenters. The SMILES string of the molecule is CN(C)S(=O)(=O)NC1CCN2C(=O)CCCCOc3cccc(c3)C3CCC(CC3)OC[C@@H]12. The first-order valence-electron chi connectivity index (χ1n) is 12.2. The van der Waals surface area contributed by atoms with E-state index < -0.39 is 10.2 Å². The molecule has 8 nitrogen and oxygen atoms in total. The molecule has 9 heteroatoms. The van der Waals surface area contributed by atoms with Gasteiger partial charge in [-0.15, -0.1) is 0 Å². The van der Waals surface area contributed by atoms with Crippen LogP contribution in [0.3, 0.4) is 0 Å². The van der Waals surface area contributed by atoms with Gasteiger partial charge in [-0.25, -0.2) is 0 Å². The molecule has 3 aliphatic heterocycles. The third-order valence-corrected chi connectivity index (χ3v) is 8.77. The molecule has 2 fully saturated rings. The second-order valence-corrected chi connectivity index (χ2v) is 11.6. The molecule has 1 saturated carbocycles. The first-order chi connectivity index (χ1) is 15.8. The summed E-state index contributed by atoms with van der Waals surface area (Å²) in [6.45, 7) is 1.49. The summed E-state index contributed by atoms with van der Waals surface area (Å²) in [4.78, 5) is 14.9. The predicted molar refractivity (Wildman–Crippen MR) is 126 cm³/mol. The van der Waals surface area contributed by atoms with E-state index in [-0.39, 0.29) is 24.1 Å². The van der Waals surface area contributed by atoms with E-state index in [0.717, 1.165) is 44.3 Å². The van der Waals surface area contributed by atoms with Crippen molar-refractivity contribution in [3.05, 3.63) is 29.8 Å². The summed E-state index contributed by atoms with van der Waals surface area (Å²) in [7, 11) is -0.571. The van der Waals surface area contributed by atoms with Gasteiger partial charge in [0.2, 0.25) is 5.91 Å². The Labute approximate surface area is 197 Å². The maximum Gasteiger partial charge on any atom is 0.279 e. The van der Waals surface area contributed by atoms with Gasteiger partial charge in [0.05, 0.1) is 25.4 Å². The maximum atomic E-state index is 13.0. The number of hydrogen-bond acceptors (Lipinski definition) is 5. The van der Waals surface area contributed by atoms with Crippen LogP contribution in [0.5, 0.6) is 5.75 Å². The monoisotopic (exact) mass is 479 g/mol. The molecule has 1 aromatic rings. The predicted octanol–water partition coefficient (Wildman–Crippen LogP) is 2.66. The largest absolute Gasteiger partial charge is 0.494 e. The van der Waals surface area contributed by atoms with Crippen LogP contribution < -0.4 is 9.46 Å². The molecule has 3 heterocycles. The molecule has 1 N–H and O–H groups in total. The van der Waals surface area contributed by atoms with E-state index in [0.29, 0.717) is 38.5 Å². The normalized spacial score (nSPS) is 29.5. The van der Waals surface area contributed by atoms with Crippen molar-refractivity contribution in [2.24, 2.45) is 0 Å². The van der Waals surface area contributed by atoms with Crippen LogP contribution >= 0.6 is 0 Å². The number of carbonyl (C=O) groups is 1. The van der Waals surface area contributed by atoms with Crippen LogP contribution in [0.15, 0.2) is 24.3 Å². The molecule has 1 unspecified atom stereocenters. The van der Waals surface area contributed by atoms with Gasteiger partial charge in [0.15, 0.2) is 0 Å². The number of rotatable bonds is 3. The molecule has 1 amide bonds. The lowest BCUT2D eigenvalue weighted by molar-refractivity contribution is -0.134. The highest BCUT2D eigenvalue weighted by Crippen LogP contribution is 2.36. The molecular formula is C24H37N3O5S. The van der Waals surface area contributed by atoms with Crippen molar-refractivity contribution in [3.63, 3.8) is 0 Å². The number of benzene rings is 1. The van der Waals surface area contributed by atoms with Gasteiger partial charge in [0.25, 0.3) is 10.2 Å². The zero-order valence-electron chi connectivity index (χ0n) is 19.7. The third-order valence-electron chi connectivity index (χ3n) is 7.21. The molecule has 5 rings (SSSR count). The Morgan fingerprint density at radius 3 is 2.64 bits per heavy atom. The van der Waals surface area contributed by atoms with Gasteiger partial charge in [-0.05, 0) is 68.6 Å². The van der Waals surface area contributed by atoms with E-state index in [4.69, 9.17) is 9.47 Å². The molecule has 4 bridgehead atoms. The standard InChI is InChI=1S/C24H37N3O5S/c1-26(2)33(29,30)25-22-13-14-27-23(22)17-32-20-11-9-18(10-12-20)19-6-5-7-21(16-19)31-15-4-3-8-24(27)28/h5-7,16,18,20,22-23,25H,3-4,8-15,17H2,1-2H3/t18?,20?,22?,23-/m0/s1. The van der Waals surface area contributed by atoms with Gasteiger partial charge in [-0.2, -0.15) is 17.4 Å². The van der Waals surface area contributed by atoms with Crippen molar-refractivity contribution in [1.82, 2.24) is 13.9 Å². The number of amides is 1. The molecule has 0 aromatic heterocycles. The van der Waals surface area contributed by atoms with Crippen LogP contribution in [0.25, 0.3) is 0 Å². The van der Waals surface area contributed by atoms with Gasteiger partial charge in [-0.3, -0.25) is 4.79 Å². The van der Waals surface area contributed by atoms with E-state index in [1.165, 1.54) is 24.0 Å². The summed E-state index contributed by atoms with van der Waals surface area (Å²) >= 11 is 0. The fourth-order valence-corrected chi connectivity index (χ4v) is 6.04. The molecule has 1 aromatic carbocycles. The fraction of sp³-hybridized carbons (Fsp3) is 0.708. The lowest BCUT2D eigenvalue weighted by atomic mass is 9.82. The molecule has 184 valence electrons. The second kappa shape index (κ2) is 10.7. The zero-order chi connectivity index (χ0) is 23.4. The van der Waals surface area contributed by atoms with Crippen LogP contribution in [0.4, 0.5) is 0 Å². The number of hydrogen-bond donors (Lipinski definition) is 1. The Morgan fingerprint density at radius 2 is 1.88 bits per heavy atom. The average molecular weight is 480 g/mol. The Morgan fingerprint density at radius 1 is 1.09 bits per heavy atom.